The fourth-order valence-electron chi connectivity index (χ4n) is 3.57. The number of ether oxygens (including phenoxy) is 1. The molecule has 6 heteroatoms. The van der Waals surface area contributed by atoms with E-state index in [1.54, 1.807) is 24.3 Å². The highest BCUT2D eigenvalue weighted by atomic mass is 32.2. The topological polar surface area (TPSA) is 59.8 Å². The van der Waals surface area contributed by atoms with Crippen molar-refractivity contribution < 1.29 is 13.2 Å². The standard InChI is InChI=1S/C25H34N2O3S/c1-5-6-10-20-19-27-17-8-7-11-23(27)24(20)31(28,29)22-14-12-21(13-15-22)30-18-9-16-26-25(2,3)4/h7-8,11-15,17,19,26H,5-6,9-10,16,18H2,1-4H3. The van der Waals surface area contributed by atoms with Crippen LogP contribution in [0.2, 0.25) is 0 Å². The fraction of sp³-hybridized carbons (Fsp3) is 0.440. The van der Waals surface area contributed by atoms with Gasteiger partial charge in [-0.25, -0.2) is 8.42 Å². The molecule has 5 nitrogen and oxygen atoms in total. The summed E-state index contributed by atoms with van der Waals surface area (Å²) in [4.78, 5) is 0.715. The number of nitrogens with zero attached hydrogens (tertiary/aromatic N) is 1. The number of aromatic nitrogens is 1. The second kappa shape index (κ2) is 9.88. The minimum Gasteiger partial charge on any atom is -0.494 e. The Labute approximate surface area is 186 Å². The molecule has 0 atom stereocenters. The van der Waals surface area contributed by atoms with Gasteiger partial charge >= 0.3 is 0 Å². The van der Waals surface area contributed by atoms with Crippen LogP contribution in [0.5, 0.6) is 5.75 Å². The summed E-state index contributed by atoms with van der Waals surface area (Å²) < 4.78 is 34.8. The molecule has 0 unspecified atom stereocenters. The lowest BCUT2D eigenvalue weighted by molar-refractivity contribution is 0.298. The van der Waals surface area contributed by atoms with E-state index < -0.39 is 9.84 Å². The second-order valence-electron chi connectivity index (χ2n) is 8.93. The van der Waals surface area contributed by atoms with E-state index >= 15 is 0 Å². The minimum absolute atomic E-state index is 0.0925. The number of nitrogens with one attached hydrogen (secondary N) is 1. The predicted molar refractivity (Wildman–Crippen MR) is 126 cm³/mol. The zero-order chi connectivity index (χ0) is 22.5. The van der Waals surface area contributed by atoms with Gasteiger partial charge in [0.05, 0.1) is 17.0 Å². The molecule has 0 saturated heterocycles. The molecular weight excluding hydrogens is 408 g/mol. The van der Waals surface area contributed by atoms with Crippen molar-refractivity contribution in [3.05, 3.63) is 60.4 Å². The number of unbranched alkanes of at least 4 members (excludes halogenated alkanes) is 1. The van der Waals surface area contributed by atoms with Gasteiger partial charge in [0.25, 0.3) is 0 Å². The van der Waals surface area contributed by atoms with Crippen molar-refractivity contribution in [1.82, 2.24) is 9.72 Å². The average Bonchev–Trinajstić information content (AvgIpc) is 3.10. The molecule has 0 radical (unpaired) electrons. The first-order valence-electron chi connectivity index (χ1n) is 11.0. The van der Waals surface area contributed by atoms with Crippen molar-refractivity contribution in [1.29, 1.82) is 0 Å². The van der Waals surface area contributed by atoms with Crippen LogP contribution in [0.4, 0.5) is 0 Å². The smallest absolute Gasteiger partial charge is 0.208 e. The number of fused-ring (bicyclic) bond motifs is 1. The molecule has 0 aliphatic heterocycles. The molecule has 0 spiro atoms. The van der Waals surface area contributed by atoms with Crippen LogP contribution in [0.1, 0.15) is 52.5 Å². The van der Waals surface area contributed by atoms with Crippen LogP contribution in [-0.2, 0) is 16.3 Å². The monoisotopic (exact) mass is 442 g/mol. The quantitative estimate of drug-likeness (QED) is 0.435. The zero-order valence-electron chi connectivity index (χ0n) is 19.0. The number of pyridine rings is 1. The number of rotatable bonds is 10. The highest BCUT2D eigenvalue weighted by Gasteiger charge is 2.25. The summed E-state index contributed by atoms with van der Waals surface area (Å²) in [5.41, 5.74) is 1.69. The van der Waals surface area contributed by atoms with Crippen LogP contribution in [0, 0.1) is 0 Å². The molecule has 0 bridgehead atoms. The first kappa shape index (κ1) is 23.4. The third kappa shape index (κ3) is 5.89. The lowest BCUT2D eigenvalue weighted by Crippen LogP contribution is -2.36. The van der Waals surface area contributed by atoms with E-state index in [1.165, 1.54) is 0 Å². The SMILES string of the molecule is CCCCc1cn2ccccc2c1S(=O)(=O)c1ccc(OCCCNC(C)(C)C)cc1. The average molecular weight is 443 g/mol. The Kier molecular flexibility index (Phi) is 7.44. The Morgan fingerprint density at radius 2 is 1.77 bits per heavy atom. The van der Waals surface area contributed by atoms with Gasteiger partial charge in [-0.1, -0.05) is 19.4 Å². The van der Waals surface area contributed by atoms with Gasteiger partial charge in [-0.2, -0.15) is 0 Å². The Balaban J connectivity index is 1.77. The molecule has 3 aromatic rings. The van der Waals surface area contributed by atoms with E-state index in [2.05, 4.69) is 33.0 Å². The van der Waals surface area contributed by atoms with Crippen molar-refractivity contribution in [3.8, 4) is 5.75 Å². The lowest BCUT2D eigenvalue weighted by atomic mass is 10.1. The maximum Gasteiger partial charge on any atom is 0.208 e. The largest absolute Gasteiger partial charge is 0.494 e. The maximum atomic E-state index is 13.5. The molecule has 1 N–H and O–H groups in total. The van der Waals surface area contributed by atoms with Gasteiger partial charge in [-0.3, -0.25) is 0 Å². The van der Waals surface area contributed by atoms with E-state index in [9.17, 15) is 8.42 Å². The minimum atomic E-state index is -3.63. The normalized spacial score (nSPS) is 12.4. The predicted octanol–water partition coefficient (Wildman–Crippen LogP) is 5.27. The molecule has 0 saturated carbocycles. The fourth-order valence-corrected chi connectivity index (χ4v) is 5.24. The summed E-state index contributed by atoms with van der Waals surface area (Å²) in [5.74, 6) is 0.683. The third-order valence-electron chi connectivity index (χ3n) is 5.16. The second-order valence-corrected chi connectivity index (χ2v) is 10.8. The van der Waals surface area contributed by atoms with Gasteiger partial charge in [0.1, 0.15) is 10.6 Å². The van der Waals surface area contributed by atoms with E-state index in [0.717, 1.165) is 43.3 Å². The molecule has 168 valence electrons. The van der Waals surface area contributed by atoms with Crippen molar-refractivity contribution in [3.63, 3.8) is 0 Å². The summed E-state index contributed by atoms with van der Waals surface area (Å²) >= 11 is 0. The van der Waals surface area contributed by atoms with Crippen LogP contribution in [0.15, 0.2) is 64.6 Å². The maximum absolute atomic E-state index is 13.5. The van der Waals surface area contributed by atoms with E-state index in [-0.39, 0.29) is 5.54 Å². The molecule has 0 aliphatic carbocycles. The molecule has 31 heavy (non-hydrogen) atoms. The number of aryl methyl sites for hydroxylation is 1. The molecule has 0 amide bonds. The summed E-state index contributed by atoms with van der Waals surface area (Å²) in [5, 5.41) is 3.43. The van der Waals surface area contributed by atoms with Crippen molar-refractivity contribution in [2.45, 2.75) is 68.7 Å². The Hall–Kier alpha value is -2.31. The van der Waals surface area contributed by atoms with Crippen molar-refractivity contribution in [2.24, 2.45) is 0 Å². The Morgan fingerprint density at radius 3 is 2.45 bits per heavy atom. The van der Waals surface area contributed by atoms with Gasteiger partial charge < -0.3 is 14.5 Å². The molecule has 1 aromatic carbocycles. The highest BCUT2D eigenvalue weighted by molar-refractivity contribution is 7.91. The van der Waals surface area contributed by atoms with Crippen LogP contribution in [0.3, 0.4) is 0 Å². The van der Waals surface area contributed by atoms with E-state index in [0.29, 0.717) is 22.1 Å². The van der Waals surface area contributed by atoms with Gasteiger partial charge in [0.2, 0.25) is 9.84 Å². The molecule has 3 rings (SSSR count). The zero-order valence-corrected chi connectivity index (χ0v) is 19.8. The van der Waals surface area contributed by atoms with Gasteiger partial charge in [0.15, 0.2) is 0 Å². The van der Waals surface area contributed by atoms with E-state index in [1.807, 2.05) is 35.0 Å². The number of benzene rings is 1. The third-order valence-corrected chi connectivity index (χ3v) is 7.06. The summed E-state index contributed by atoms with van der Waals surface area (Å²) in [6.45, 7) is 9.97. The van der Waals surface area contributed by atoms with Crippen LogP contribution in [0.25, 0.3) is 5.52 Å². The summed E-state index contributed by atoms with van der Waals surface area (Å²) in [6.07, 6.45) is 7.45. The Morgan fingerprint density at radius 1 is 1.03 bits per heavy atom. The van der Waals surface area contributed by atoms with Gasteiger partial charge in [0, 0.05) is 17.9 Å². The van der Waals surface area contributed by atoms with E-state index in [4.69, 9.17) is 4.74 Å². The molecule has 2 heterocycles. The van der Waals surface area contributed by atoms with Crippen LogP contribution < -0.4 is 10.1 Å². The van der Waals surface area contributed by atoms with Crippen LogP contribution in [-0.4, -0.2) is 31.5 Å². The van der Waals surface area contributed by atoms with Crippen molar-refractivity contribution in [2.75, 3.05) is 13.2 Å². The first-order valence-corrected chi connectivity index (χ1v) is 12.5. The van der Waals surface area contributed by atoms with Gasteiger partial charge in [-0.15, -0.1) is 0 Å². The van der Waals surface area contributed by atoms with Crippen LogP contribution >= 0.6 is 0 Å². The first-order chi connectivity index (χ1) is 14.7. The Bertz CT molecular complexity index is 1090. The van der Waals surface area contributed by atoms with Gasteiger partial charge in [-0.05, 0) is 88.5 Å². The molecular formula is C25H34N2O3S. The number of sulfone groups is 1. The number of hydrogen-bond acceptors (Lipinski definition) is 4. The lowest BCUT2D eigenvalue weighted by Gasteiger charge is -2.20. The number of hydrogen-bond donors (Lipinski definition) is 1. The molecule has 0 fully saturated rings. The molecule has 0 aliphatic rings. The summed E-state index contributed by atoms with van der Waals surface area (Å²) in [6, 6.07) is 12.4. The summed E-state index contributed by atoms with van der Waals surface area (Å²) in [7, 11) is -3.63. The highest BCUT2D eigenvalue weighted by Crippen LogP contribution is 2.31. The molecule has 2 aromatic heterocycles. The van der Waals surface area contributed by atoms with Crippen molar-refractivity contribution >= 4 is 15.4 Å².